The van der Waals surface area contributed by atoms with Crippen molar-refractivity contribution < 1.29 is 9.90 Å². The SMILES string of the molecule is CC1=NN(c2ccccc2)C2(O)C1=C1C(=O)NN=C(c3ccccc3)N1c1ccc(C)cc12. The van der Waals surface area contributed by atoms with Crippen LogP contribution in [0.25, 0.3) is 0 Å². The van der Waals surface area contributed by atoms with Crippen LogP contribution >= 0.6 is 0 Å². The first-order valence-electron chi connectivity index (χ1n) is 10.7. The van der Waals surface area contributed by atoms with E-state index in [2.05, 4.69) is 10.5 Å². The van der Waals surface area contributed by atoms with Crippen LogP contribution < -0.4 is 15.3 Å². The summed E-state index contributed by atoms with van der Waals surface area (Å²) in [6.07, 6.45) is 0. The highest BCUT2D eigenvalue weighted by molar-refractivity contribution is 6.25. The second-order valence-corrected chi connectivity index (χ2v) is 8.33. The molecule has 2 N–H and O–H groups in total. The lowest BCUT2D eigenvalue weighted by atomic mass is 9.83. The summed E-state index contributed by atoms with van der Waals surface area (Å²) in [6.45, 7) is 3.80. The molecule has 7 heteroatoms. The van der Waals surface area contributed by atoms with E-state index in [1.165, 1.54) is 0 Å². The van der Waals surface area contributed by atoms with Gasteiger partial charge in [0.1, 0.15) is 5.70 Å². The lowest BCUT2D eigenvalue weighted by Gasteiger charge is -2.44. The Morgan fingerprint density at radius 3 is 2.36 bits per heavy atom. The molecule has 162 valence electrons. The normalized spacial score (nSPS) is 21.1. The second kappa shape index (κ2) is 6.88. The van der Waals surface area contributed by atoms with Crippen molar-refractivity contribution in [1.29, 1.82) is 0 Å². The van der Waals surface area contributed by atoms with Crippen LogP contribution in [-0.4, -0.2) is 22.6 Å². The number of hydrogen-bond donors (Lipinski definition) is 2. The van der Waals surface area contributed by atoms with Crippen LogP contribution in [0.15, 0.2) is 100 Å². The number of aryl methyl sites for hydroxylation is 1. The molecule has 6 rings (SSSR count). The summed E-state index contributed by atoms with van der Waals surface area (Å²) >= 11 is 0. The summed E-state index contributed by atoms with van der Waals surface area (Å²) in [6, 6.07) is 25.0. The number of carbonyl (C=O) groups excluding carboxylic acids is 1. The number of amidine groups is 1. The molecule has 0 aliphatic carbocycles. The van der Waals surface area contributed by atoms with Gasteiger partial charge >= 0.3 is 0 Å². The Kier molecular flexibility index (Phi) is 4.06. The third kappa shape index (κ3) is 2.63. The zero-order valence-corrected chi connectivity index (χ0v) is 18.1. The molecule has 0 aromatic heterocycles. The monoisotopic (exact) mass is 435 g/mol. The molecule has 7 nitrogen and oxygen atoms in total. The van der Waals surface area contributed by atoms with Gasteiger partial charge in [-0.05, 0) is 38.1 Å². The number of anilines is 2. The average Bonchev–Trinajstić information content (AvgIpc) is 3.12. The van der Waals surface area contributed by atoms with E-state index in [4.69, 9.17) is 5.10 Å². The van der Waals surface area contributed by atoms with Gasteiger partial charge in [0, 0.05) is 11.1 Å². The van der Waals surface area contributed by atoms with Crippen molar-refractivity contribution in [2.24, 2.45) is 10.2 Å². The van der Waals surface area contributed by atoms with E-state index in [0.29, 0.717) is 34.1 Å². The van der Waals surface area contributed by atoms with Gasteiger partial charge < -0.3 is 5.11 Å². The minimum atomic E-state index is -1.64. The molecule has 3 aromatic carbocycles. The maximum atomic E-state index is 13.3. The van der Waals surface area contributed by atoms with Crippen molar-refractivity contribution in [2.75, 3.05) is 9.91 Å². The van der Waals surface area contributed by atoms with Crippen LogP contribution in [0.5, 0.6) is 0 Å². The number of amides is 1. The number of aliphatic hydroxyl groups is 1. The van der Waals surface area contributed by atoms with Crippen molar-refractivity contribution in [3.8, 4) is 0 Å². The van der Waals surface area contributed by atoms with E-state index < -0.39 is 11.6 Å². The first kappa shape index (κ1) is 19.5. The fourth-order valence-corrected chi connectivity index (χ4v) is 4.81. The molecule has 3 aliphatic rings. The van der Waals surface area contributed by atoms with E-state index in [1.54, 1.807) is 5.01 Å². The summed E-state index contributed by atoms with van der Waals surface area (Å²) < 4.78 is 0. The molecule has 3 aliphatic heterocycles. The zero-order chi connectivity index (χ0) is 22.7. The summed E-state index contributed by atoms with van der Waals surface area (Å²) in [4.78, 5) is 15.1. The molecule has 3 heterocycles. The van der Waals surface area contributed by atoms with Gasteiger partial charge in [-0.2, -0.15) is 10.2 Å². The maximum absolute atomic E-state index is 13.3. The van der Waals surface area contributed by atoms with Gasteiger partial charge in [-0.15, -0.1) is 0 Å². The van der Waals surface area contributed by atoms with Crippen LogP contribution in [0.1, 0.15) is 23.6 Å². The molecule has 33 heavy (non-hydrogen) atoms. The highest BCUT2D eigenvalue weighted by Gasteiger charge is 2.56. The third-order valence-corrected chi connectivity index (χ3v) is 6.22. The van der Waals surface area contributed by atoms with Crippen molar-refractivity contribution in [1.82, 2.24) is 5.43 Å². The molecular formula is C26H21N5O2. The predicted molar refractivity (Wildman–Crippen MR) is 128 cm³/mol. The largest absolute Gasteiger partial charge is 0.362 e. The average molecular weight is 435 g/mol. The molecule has 0 bridgehead atoms. The quantitative estimate of drug-likeness (QED) is 0.645. The highest BCUT2D eigenvalue weighted by atomic mass is 16.3. The summed E-state index contributed by atoms with van der Waals surface area (Å²) in [5.41, 5.74) is 6.23. The van der Waals surface area contributed by atoms with Crippen LogP contribution in [0.3, 0.4) is 0 Å². The van der Waals surface area contributed by atoms with Crippen molar-refractivity contribution in [2.45, 2.75) is 19.6 Å². The standard InChI is InChI=1S/C26H21N5O2/c1-16-13-14-21-20(15-16)26(33)22(17(2)29-31(26)19-11-7-4-8-12-19)23-25(32)28-27-24(30(21)23)18-9-5-3-6-10-18/h3-15,33H,1-2H3,(H,28,32). The highest BCUT2D eigenvalue weighted by Crippen LogP contribution is 2.52. The Bertz CT molecular complexity index is 1390. The Hall–Kier alpha value is -4.23. The lowest BCUT2D eigenvalue weighted by molar-refractivity contribution is -0.118. The minimum Gasteiger partial charge on any atom is -0.362 e. The lowest BCUT2D eigenvalue weighted by Crippen LogP contribution is -2.54. The molecule has 1 atom stereocenters. The molecule has 0 saturated heterocycles. The van der Waals surface area contributed by atoms with Crippen LogP contribution in [0.4, 0.5) is 11.4 Å². The summed E-state index contributed by atoms with van der Waals surface area (Å²) in [7, 11) is 0. The van der Waals surface area contributed by atoms with Crippen molar-refractivity contribution in [3.05, 3.63) is 107 Å². The van der Waals surface area contributed by atoms with Gasteiger partial charge in [0.15, 0.2) is 5.84 Å². The van der Waals surface area contributed by atoms with Gasteiger partial charge in [-0.25, -0.2) is 10.4 Å². The van der Waals surface area contributed by atoms with E-state index in [1.807, 2.05) is 97.6 Å². The van der Waals surface area contributed by atoms with Crippen LogP contribution in [-0.2, 0) is 10.5 Å². The first-order valence-corrected chi connectivity index (χ1v) is 10.7. The Morgan fingerprint density at radius 1 is 0.939 bits per heavy atom. The number of para-hydroxylation sites is 1. The molecule has 3 aromatic rings. The van der Waals surface area contributed by atoms with Gasteiger partial charge in [0.05, 0.1) is 22.7 Å². The summed E-state index contributed by atoms with van der Waals surface area (Å²) in [5.74, 6) is 0.189. The first-order chi connectivity index (χ1) is 16.0. The van der Waals surface area contributed by atoms with Gasteiger partial charge in [-0.1, -0.05) is 60.2 Å². The number of fused-ring (bicyclic) bond motifs is 5. The summed E-state index contributed by atoms with van der Waals surface area (Å²) in [5, 5.41) is 23.1. The predicted octanol–water partition coefficient (Wildman–Crippen LogP) is 3.60. The molecule has 1 amide bonds. The Morgan fingerprint density at radius 2 is 1.64 bits per heavy atom. The second-order valence-electron chi connectivity index (χ2n) is 8.33. The van der Waals surface area contributed by atoms with Crippen molar-refractivity contribution in [3.63, 3.8) is 0 Å². The van der Waals surface area contributed by atoms with Crippen LogP contribution in [0, 0.1) is 6.92 Å². The van der Waals surface area contributed by atoms with Gasteiger partial charge in [0.2, 0.25) is 5.72 Å². The maximum Gasteiger partial charge on any atom is 0.289 e. The topological polar surface area (TPSA) is 80.5 Å². The fraction of sp³-hybridized carbons (Fsp3) is 0.115. The molecule has 0 fully saturated rings. The molecule has 0 saturated carbocycles. The fourth-order valence-electron chi connectivity index (χ4n) is 4.81. The molecule has 0 radical (unpaired) electrons. The number of benzene rings is 3. The molecule has 1 unspecified atom stereocenters. The van der Waals surface area contributed by atoms with Crippen LogP contribution in [0.2, 0.25) is 0 Å². The van der Waals surface area contributed by atoms with Gasteiger partial charge in [-0.3, -0.25) is 9.69 Å². The zero-order valence-electron chi connectivity index (χ0n) is 18.1. The van der Waals surface area contributed by atoms with E-state index in [9.17, 15) is 9.90 Å². The smallest absolute Gasteiger partial charge is 0.289 e. The van der Waals surface area contributed by atoms with E-state index in [0.717, 1.165) is 16.8 Å². The number of hydrazone groups is 2. The van der Waals surface area contributed by atoms with Crippen molar-refractivity contribution >= 4 is 28.8 Å². The molecular weight excluding hydrogens is 414 g/mol. The van der Waals surface area contributed by atoms with E-state index >= 15 is 0 Å². The Labute approximate surface area is 191 Å². The third-order valence-electron chi connectivity index (χ3n) is 6.22. The Balaban J connectivity index is 1.67. The number of nitrogens with one attached hydrogen (secondary N) is 1. The number of rotatable bonds is 2. The number of nitrogens with zero attached hydrogens (tertiary/aromatic N) is 4. The van der Waals surface area contributed by atoms with Gasteiger partial charge in [0.25, 0.3) is 5.91 Å². The number of carbonyl (C=O) groups is 1. The number of hydrogen-bond acceptors (Lipinski definition) is 6. The molecule has 0 spiro atoms. The van der Waals surface area contributed by atoms with E-state index in [-0.39, 0.29) is 0 Å². The minimum absolute atomic E-state index is 0.322.